The van der Waals surface area contributed by atoms with Crippen molar-refractivity contribution in [3.63, 3.8) is 0 Å². The SMILES string of the molecule is CC(C)(C)c1ccc(OCCCC(=O)NCCn2ccc3ccccc32)c(Br)c1. The molecule has 1 aromatic heterocycles. The number of nitrogens with zero attached hydrogens (tertiary/aromatic N) is 1. The second-order valence-electron chi connectivity index (χ2n) is 8.27. The fourth-order valence-corrected chi connectivity index (χ4v) is 3.73. The highest BCUT2D eigenvalue weighted by molar-refractivity contribution is 9.10. The minimum absolute atomic E-state index is 0.0622. The molecule has 0 bridgehead atoms. The van der Waals surface area contributed by atoms with Crippen LogP contribution in [0.1, 0.15) is 39.2 Å². The molecule has 1 N–H and O–H groups in total. The van der Waals surface area contributed by atoms with Crippen molar-refractivity contribution in [3.8, 4) is 5.75 Å². The van der Waals surface area contributed by atoms with Crippen molar-refractivity contribution in [2.45, 2.75) is 45.6 Å². The summed E-state index contributed by atoms with van der Waals surface area (Å²) in [7, 11) is 0. The van der Waals surface area contributed by atoms with E-state index in [0.717, 1.165) is 16.8 Å². The second-order valence-corrected chi connectivity index (χ2v) is 9.12. The van der Waals surface area contributed by atoms with Crippen LogP contribution >= 0.6 is 15.9 Å². The third-order valence-corrected chi connectivity index (χ3v) is 5.58. The normalized spacial score (nSPS) is 11.6. The first-order chi connectivity index (χ1) is 13.8. The molecule has 0 fully saturated rings. The van der Waals surface area contributed by atoms with Crippen LogP contribution < -0.4 is 10.1 Å². The van der Waals surface area contributed by atoms with Crippen LogP contribution in [0.15, 0.2) is 59.2 Å². The van der Waals surface area contributed by atoms with Crippen molar-refractivity contribution >= 4 is 32.7 Å². The van der Waals surface area contributed by atoms with Gasteiger partial charge in [0.25, 0.3) is 0 Å². The van der Waals surface area contributed by atoms with Crippen LogP contribution in [0.5, 0.6) is 5.75 Å². The summed E-state index contributed by atoms with van der Waals surface area (Å²) in [5.41, 5.74) is 2.55. The minimum atomic E-state index is 0.0622. The highest BCUT2D eigenvalue weighted by Crippen LogP contribution is 2.31. The van der Waals surface area contributed by atoms with E-state index in [4.69, 9.17) is 4.74 Å². The number of carbonyl (C=O) groups is 1. The quantitative estimate of drug-likeness (QED) is 0.443. The van der Waals surface area contributed by atoms with E-state index < -0.39 is 0 Å². The monoisotopic (exact) mass is 456 g/mol. The van der Waals surface area contributed by atoms with Gasteiger partial charge in [-0.2, -0.15) is 0 Å². The van der Waals surface area contributed by atoms with Gasteiger partial charge >= 0.3 is 0 Å². The molecule has 0 spiro atoms. The lowest BCUT2D eigenvalue weighted by molar-refractivity contribution is -0.121. The zero-order valence-electron chi connectivity index (χ0n) is 17.4. The molecule has 154 valence electrons. The van der Waals surface area contributed by atoms with E-state index in [2.05, 4.69) is 83.1 Å². The van der Waals surface area contributed by atoms with Gasteiger partial charge in [0.15, 0.2) is 0 Å². The van der Waals surface area contributed by atoms with Crippen LogP contribution in [0.2, 0.25) is 0 Å². The first kappa shape index (κ1) is 21.4. The van der Waals surface area contributed by atoms with E-state index in [9.17, 15) is 4.79 Å². The number of carbonyl (C=O) groups excluding carboxylic acids is 1. The molecule has 0 saturated heterocycles. The highest BCUT2D eigenvalue weighted by Gasteiger charge is 2.15. The Kier molecular flexibility index (Phi) is 7.01. The maximum Gasteiger partial charge on any atom is 0.220 e. The van der Waals surface area contributed by atoms with Crippen molar-refractivity contribution in [2.24, 2.45) is 0 Å². The Balaban J connectivity index is 1.37. The molecule has 2 aromatic carbocycles. The molecule has 0 atom stereocenters. The molecule has 3 aromatic rings. The van der Waals surface area contributed by atoms with Crippen LogP contribution in [0, 0.1) is 0 Å². The summed E-state index contributed by atoms with van der Waals surface area (Å²) in [5, 5.41) is 4.22. The third kappa shape index (κ3) is 5.86. The van der Waals surface area contributed by atoms with E-state index in [0.29, 0.717) is 26.0 Å². The Morgan fingerprint density at radius 2 is 1.93 bits per heavy atom. The number of hydrogen-bond donors (Lipinski definition) is 1. The Morgan fingerprint density at radius 3 is 2.69 bits per heavy atom. The standard InChI is InChI=1S/C24H29BrN2O2/c1-24(2,3)19-10-11-22(20(25)17-19)29-16-6-9-23(28)26-13-15-27-14-12-18-7-4-5-8-21(18)27/h4-5,7-8,10-12,14,17H,6,9,13,15-16H2,1-3H3,(H,26,28). The molecule has 0 radical (unpaired) electrons. The second kappa shape index (κ2) is 9.49. The summed E-state index contributed by atoms with van der Waals surface area (Å²) in [4.78, 5) is 12.1. The number of hydrogen-bond acceptors (Lipinski definition) is 2. The minimum Gasteiger partial charge on any atom is -0.492 e. The van der Waals surface area contributed by atoms with E-state index in [1.807, 2.05) is 18.2 Å². The molecule has 0 aliphatic heterocycles. The summed E-state index contributed by atoms with van der Waals surface area (Å²) in [6, 6.07) is 16.6. The van der Waals surface area contributed by atoms with Crippen LogP contribution in [0.25, 0.3) is 10.9 Å². The Labute approximate surface area is 181 Å². The summed E-state index contributed by atoms with van der Waals surface area (Å²) in [5.74, 6) is 0.880. The molecule has 0 saturated carbocycles. The number of fused-ring (bicyclic) bond motifs is 1. The van der Waals surface area contributed by atoms with Gasteiger partial charge in [0.2, 0.25) is 5.91 Å². The topological polar surface area (TPSA) is 43.3 Å². The van der Waals surface area contributed by atoms with Crippen molar-refractivity contribution < 1.29 is 9.53 Å². The molecular formula is C24H29BrN2O2. The van der Waals surface area contributed by atoms with Crippen molar-refractivity contribution in [1.29, 1.82) is 0 Å². The lowest BCUT2D eigenvalue weighted by atomic mass is 9.87. The van der Waals surface area contributed by atoms with Crippen molar-refractivity contribution in [3.05, 3.63) is 64.8 Å². The Morgan fingerprint density at radius 1 is 1.14 bits per heavy atom. The average molecular weight is 457 g/mol. The number of rotatable bonds is 8. The number of benzene rings is 2. The van der Waals surface area contributed by atoms with Gasteiger partial charge in [-0.25, -0.2) is 0 Å². The van der Waals surface area contributed by atoms with Gasteiger partial charge in [-0.05, 0) is 63.0 Å². The number of amides is 1. The molecule has 1 amide bonds. The molecule has 5 heteroatoms. The van der Waals surface area contributed by atoms with Crippen LogP contribution in [-0.2, 0) is 16.8 Å². The summed E-state index contributed by atoms with van der Waals surface area (Å²) >= 11 is 3.58. The van der Waals surface area contributed by atoms with Crippen molar-refractivity contribution in [1.82, 2.24) is 9.88 Å². The molecule has 0 aliphatic rings. The van der Waals surface area contributed by atoms with E-state index in [1.165, 1.54) is 16.5 Å². The van der Waals surface area contributed by atoms with E-state index >= 15 is 0 Å². The molecule has 29 heavy (non-hydrogen) atoms. The smallest absolute Gasteiger partial charge is 0.220 e. The van der Waals surface area contributed by atoms with Gasteiger partial charge in [0.1, 0.15) is 5.75 Å². The predicted molar refractivity (Wildman–Crippen MR) is 123 cm³/mol. The number of ether oxygens (including phenoxy) is 1. The van der Waals surface area contributed by atoms with Crippen LogP contribution in [0.3, 0.4) is 0 Å². The number of para-hydroxylation sites is 1. The molecule has 4 nitrogen and oxygen atoms in total. The third-order valence-electron chi connectivity index (χ3n) is 4.96. The Hall–Kier alpha value is -2.27. The zero-order chi connectivity index (χ0) is 20.9. The number of halogens is 1. The largest absolute Gasteiger partial charge is 0.492 e. The van der Waals surface area contributed by atoms with E-state index in [-0.39, 0.29) is 11.3 Å². The van der Waals surface area contributed by atoms with Gasteiger partial charge in [0.05, 0.1) is 11.1 Å². The average Bonchev–Trinajstić information content (AvgIpc) is 3.09. The first-order valence-electron chi connectivity index (χ1n) is 10.1. The van der Waals surface area contributed by atoms with Crippen molar-refractivity contribution in [2.75, 3.05) is 13.2 Å². The van der Waals surface area contributed by atoms with Gasteiger partial charge in [-0.3, -0.25) is 4.79 Å². The fraction of sp³-hybridized carbons (Fsp3) is 0.375. The maximum atomic E-state index is 12.1. The molecular weight excluding hydrogens is 428 g/mol. The van der Waals surface area contributed by atoms with Gasteiger partial charge in [-0.15, -0.1) is 0 Å². The maximum absolute atomic E-state index is 12.1. The lowest BCUT2D eigenvalue weighted by Gasteiger charge is -2.20. The molecule has 1 heterocycles. The van der Waals surface area contributed by atoms with Gasteiger partial charge in [0, 0.05) is 31.2 Å². The Bertz CT molecular complexity index is 972. The molecule has 0 aliphatic carbocycles. The zero-order valence-corrected chi connectivity index (χ0v) is 19.0. The molecule has 0 unspecified atom stereocenters. The fourth-order valence-electron chi connectivity index (χ4n) is 3.24. The van der Waals surface area contributed by atoms with E-state index in [1.54, 1.807) is 0 Å². The molecule has 3 rings (SSSR count). The highest BCUT2D eigenvalue weighted by atomic mass is 79.9. The summed E-state index contributed by atoms with van der Waals surface area (Å²) in [6.45, 7) is 8.47. The van der Waals surface area contributed by atoms with Crippen LogP contribution in [-0.4, -0.2) is 23.6 Å². The predicted octanol–water partition coefficient (Wildman–Crippen LogP) is 5.68. The summed E-state index contributed by atoms with van der Waals surface area (Å²) in [6.07, 6.45) is 3.21. The van der Waals surface area contributed by atoms with Gasteiger partial charge < -0.3 is 14.6 Å². The number of aromatic nitrogens is 1. The van der Waals surface area contributed by atoms with Crippen LogP contribution in [0.4, 0.5) is 0 Å². The first-order valence-corrected chi connectivity index (χ1v) is 10.9. The summed E-state index contributed by atoms with van der Waals surface area (Å²) < 4.78 is 8.95. The number of nitrogens with one attached hydrogen (secondary N) is 1. The van der Waals surface area contributed by atoms with Gasteiger partial charge in [-0.1, -0.05) is 45.0 Å². The lowest BCUT2D eigenvalue weighted by Crippen LogP contribution is -2.27.